The molecule has 2 fully saturated rings. The zero-order chi connectivity index (χ0) is 32.5. The number of nitrogens with one attached hydrogen (secondary N) is 1. The molecular formula is C34H34F6N2O3. The van der Waals surface area contributed by atoms with Crippen molar-refractivity contribution in [2.75, 3.05) is 6.61 Å². The van der Waals surface area contributed by atoms with Crippen molar-refractivity contribution >= 4 is 12.0 Å². The van der Waals surface area contributed by atoms with E-state index in [4.69, 9.17) is 4.74 Å². The summed E-state index contributed by atoms with van der Waals surface area (Å²) in [5.74, 6) is -1.41. The molecule has 2 aliphatic rings. The van der Waals surface area contributed by atoms with Gasteiger partial charge in [-0.15, -0.1) is 0 Å². The zero-order valence-corrected chi connectivity index (χ0v) is 24.8. The molecule has 4 atom stereocenters. The largest absolute Gasteiger partial charge is 0.446 e. The van der Waals surface area contributed by atoms with Crippen molar-refractivity contribution in [2.45, 2.75) is 75.9 Å². The van der Waals surface area contributed by atoms with Crippen molar-refractivity contribution in [3.05, 3.63) is 95.1 Å². The van der Waals surface area contributed by atoms with Gasteiger partial charge in [0.25, 0.3) is 0 Å². The molecule has 240 valence electrons. The Hall–Kier alpha value is -3.86. The molecule has 0 radical (unpaired) electrons. The standard InChI is InChI=1S/C34H34F6N2O3/c1-20(2)15-27(31(43)42-29(19-45-32(42)44)22-7-4-3-5-8-22)24-16-23(21-11-13-26(14-12-21)33(35,36)37)17-25(18-24)28-9-6-10-30(41-28)34(38,39)40/h3-5,7-8,11-14,16-18,20,27-30,41H,6,9-10,15,19H2,1-2H3/t27-,28+,29?,30-/m1/s1. The number of carbonyl (C=O) groups is 2. The van der Waals surface area contributed by atoms with Crippen molar-refractivity contribution in [1.29, 1.82) is 0 Å². The third-order valence-electron chi connectivity index (χ3n) is 8.41. The van der Waals surface area contributed by atoms with Gasteiger partial charge < -0.3 is 4.74 Å². The van der Waals surface area contributed by atoms with Gasteiger partial charge >= 0.3 is 18.4 Å². The first-order valence-electron chi connectivity index (χ1n) is 14.9. The molecule has 2 saturated heterocycles. The van der Waals surface area contributed by atoms with Crippen LogP contribution in [0, 0.1) is 5.92 Å². The molecule has 0 saturated carbocycles. The smallest absolute Gasteiger partial charge is 0.417 e. The first-order valence-corrected chi connectivity index (χ1v) is 14.9. The summed E-state index contributed by atoms with van der Waals surface area (Å²) in [4.78, 5) is 28.3. The lowest BCUT2D eigenvalue weighted by molar-refractivity contribution is -0.163. The zero-order valence-electron chi connectivity index (χ0n) is 24.8. The second kappa shape index (κ2) is 12.9. The second-order valence-electron chi connectivity index (χ2n) is 12.1. The number of halogens is 6. The van der Waals surface area contributed by atoms with E-state index in [1.54, 1.807) is 42.5 Å². The summed E-state index contributed by atoms with van der Waals surface area (Å²) >= 11 is 0. The lowest BCUT2D eigenvalue weighted by atomic mass is 9.83. The maximum absolute atomic E-state index is 14.3. The fraction of sp³-hybridized carbons (Fsp3) is 0.412. The van der Waals surface area contributed by atoms with Gasteiger partial charge in [0.2, 0.25) is 5.91 Å². The Bertz CT molecular complexity index is 1510. The Morgan fingerprint density at radius 3 is 2.22 bits per heavy atom. The van der Waals surface area contributed by atoms with E-state index in [9.17, 15) is 35.9 Å². The van der Waals surface area contributed by atoms with Crippen molar-refractivity contribution in [3.8, 4) is 11.1 Å². The number of cyclic esters (lactones) is 1. The van der Waals surface area contributed by atoms with Gasteiger partial charge in [-0.05, 0) is 77.6 Å². The van der Waals surface area contributed by atoms with Gasteiger partial charge in [-0.3, -0.25) is 10.1 Å². The molecular weight excluding hydrogens is 598 g/mol. The highest BCUT2D eigenvalue weighted by Gasteiger charge is 2.44. The fourth-order valence-electron chi connectivity index (χ4n) is 6.16. The SMILES string of the molecule is CC(C)C[C@@H](C(=O)N1C(=O)OCC1c1ccccc1)c1cc(-c2ccc(C(F)(F)F)cc2)cc([C@@H]2CCC[C@H](C(F)(F)F)N2)c1. The quantitative estimate of drug-likeness (QED) is 0.264. The van der Waals surface area contributed by atoms with Gasteiger partial charge in [0, 0.05) is 6.04 Å². The van der Waals surface area contributed by atoms with E-state index in [-0.39, 0.29) is 18.9 Å². The number of carbonyl (C=O) groups excluding carboxylic acids is 2. The van der Waals surface area contributed by atoms with E-state index in [0.717, 1.165) is 17.0 Å². The number of rotatable bonds is 7. The molecule has 0 aromatic heterocycles. The summed E-state index contributed by atoms with van der Waals surface area (Å²) in [6.07, 6.45) is -8.83. The third-order valence-corrected chi connectivity index (χ3v) is 8.41. The Kier molecular flexibility index (Phi) is 9.30. The normalized spacial score (nSPS) is 21.6. The summed E-state index contributed by atoms with van der Waals surface area (Å²) in [6.45, 7) is 3.80. The maximum Gasteiger partial charge on any atom is 0.417 e. The predicted octanol–water partition coefficient (Wildman–Crippen LogP) is 8.97. The van der Waals surface area contributed by atoms with Crippen LogP contribution in [0.3, 0.4) is 0 Å². The van der Waals surface area contributed by atoms with E-state index < -0.39 is 54.0 Å². The third kappa shape index (κ3) is 7.35. The molecule has 1 N–H and O–H groups in total. The minimum Gasteiger partial charge on any atom is -0.446 e. The minimum absolute atomic E-state index is 0.0201. The number of hydrogen-bond acceptors (Lipinski definition) is 4. The van der Waals surface area contributed by atoms with Crippen LogP contribution in [0.15, 0.2) is 72.8 Å². The summed E-state index contributed by atoms with van der Waals surface area (Å²) in [6, 6.07) is 15.4. The lowest BCUT2D eigenvalue weighted by Crippen LogP contribution is -2.46. The van der Waals surface area contributed by atoms with Gasteiger partial charge in [0.15, 0.2) is 0 Å². The first kappa shape index (κ1) is 32.5. The van der Waals surface area contributed by atoms with Crippen LogP contribution in [0.4, 0.5) is 31.1 Å². The monoisotopic (exact) mass is 632 g/mol. The molecule has 2 heterocycles. The number of imide groups is 1. The highest BCUT2D eigenvalue weighted by Crippen LogP contribution is 2.40. The molecule has 2 aliphatic heterocycles. The van der Waals surface area contributed by atoms with Crippen LogP contribution in [-0.2, 0) is 15.7 Å². The molecule has 45 heavy (non-hydrogen) atoms. The topological polar surface area (TPSA) is 58.6 Å². The van der Waals surface area contributed by atoms with Crippen LogP contribution < -0.4 is 5.32 Å². The van der Waals surface area contributed by atoms with Crippen LogP contribution in [0.1, 0.15) is 79.8 Å². The molecule has 2 amide bonds. The molecule has 1 unspecified atom stereocenters. The second-order valence-corrected chi connectivity index (χ2v) is 12.1. The van der Waals surface area contributed by atoms with Gasteiger partial charge in [0.05, 0.1) is 11.5 Å². The molecule has 0 bridgehead atoms. The molecule has 3 aromatic carbocycles. The van der Waals surface area contributed by atoms with Crippen molar-refractivity contribution in [3.63, 3.8) is 0 Å². The van der Waals surface area contributed by atoms with Crippen LogP contribution in [0.2, 0.25) is 0 Å². The number of alkyl halides is 6. The van der Waals surface area contributed by atoms with Gasteiger partial charge in [0.1, 0.15) is 18.7 Å². The number of ether oxygens (including phenoxy) is 1. The van der Waals surface area contributed by atoms with Crippen LogP contribution in [-0.4, -0.2) is 35.7 Å². The average molecular weight is 633 g/mol. The summed E-state index contributed by atoms with van der Waals surface area (Å²) in [5.41, 5.74) is 1.69. The molecule has 5 nitrogen and oxygen atoms in total. The summed E-state index contributed by atoms with van der Waals surface area (Å²) < 4.78 is 86.3. The van der Waals surface area contributed by atoms with Crippen LogP contribution in [0.25, 0.3) is 11.1 Å². The number of benzene rings is 3. The van der Waals surface area contributed by atoms with Crippen LogP contribution >= 0.6 is 0 Å². The number of nitrogens with zero attached hydrogens (tertiary/aromatic N) is 1. The Labute approximate surface area is 257 Å². The Morgan fingerprint density at radius 1 is 0.911 bits per heavy atom. The first-order chi connectivity index (χ1) is 21.2. The van der Waals surface area contributed by atoms with E-state index in [0.29, 0.717) is 47.1 Å². The maximum atomic E-state index is 14.3. The van der Waals surface area contributed by atoms with E-state index in [1.807, 2.05) is 19.9 Å². The van der Waals surface area contributed by atoms with Gasteiger partial charge in [-0.1, -0.05) is 68.4 Å². The highest BCUT2D eigenvalue weighted by atomic mass is 19.4. The Morgan fingerprint density at radius 2 is 1.60 bits per heavy atom. The van der Waals surface area contributed by atoms with E-state index in [1.165, 1.54) is 12.1 Å². The van der Waals surface area contributed by atoms with Crippen molar-refractivity contribution < 1.29 is 40.7 Å². The Balaban J connectivity index is 1.60. The molecule has 11 heteroatoms. The fourth-order valence-corrected chi connectivity index (χ4v) is 6.16. The highest BCUT2D eigenvalue weighted by molar-refractivity contribution is 5.97. The summed E-state index contributed by atoms with van der Waals surface area (Å²) in [5, 5.41) is 2.70. The number of amides is 2. The van der Waals surface area contributed by atoms with Crippen molar-refractivity contribution in [1.82, 2.24) is 10.2 Å². The van der Waals surface area contributed by atoms with E-state index in [2.05, 4.69) is 5.32 Å². The number of piperidine rings is 1. The van der Waals surface area contributed by atoms with Gasteiger partial charge in [-0.25, -0.2) is 9.69 Å². The molecule has 5 rings (SSSR count). The number of hydrogen-bond donors (Lipinski definition) is 1. The molecule has 0 spiro atoms. The molecule has 0 aliphatic carbocycles. The predicted molar refractivity (Wildman–Crippen MR) is 156 cm³/mol. The minimum atomic E-state index is -4.54. The average Bonchev–Trinajstić information content (AvgIpc) is 3.40. The molecule has 3 aromatic rings. The summed E-state index contributed by atoms with van der Waals surface area (Å²) in [7, 11) is 0. The van der Waals surface area contributed by atoms with E-state index >= 15 is 0 Å². The van der Waals surface area contributed by atoms with Crippen LogP contribution in [0.5, 0.6) is 0 Å². The van der Waals surface area contributed by atoms with Crippen molar-refractivity contribution in [2.24, 2.45) is 5.92 Å². The van der Waals surface area contributed by atoms with Gasteiger partial charge in [-0.2, -0.15) is 26.3 Å². The lowest BCUT2D eigenvalue weighted by Gasteiger charge is -2.33.